The normalized spacial score (nSPS) is 22.8. The Kier molecular flexibility index (Phi) is 4.90. The minimum Gasteiger partial charge on any atom is -0.477 e. The molecule has 30 heavy (non-hydrogen) atoms. The van der Waals surface area contributed by atoms with Crippen molar-refractivity contribution in [2.75, 3.05) is 13.2 Å². The van der Waals surface area contributed by atoms with Crippen molar-refractivity contribution in [3.05, 3.63) is 66.4 Å². The minimum absolute atomic E-state index is 0.0252. The van der Waals surface area contributed by atoms with Crippen LogP contribution in [0.25, 0.3) is 5.69 Å². The van der Waals surface area contributed by atoms with Gasteiger partial charge >= 0.3 is 0 Å². The van der Waals surface area contributed by atoms with E-state index in [1.165, 1.54) is 10.9 Å². The molecule has 2 saturated heterocycles. The second-order valence-electron chi connectivity index (χ2n) is 7.91. The van der Waals surface area contributed by atoms with Crippen LogP contribution < -0.4 is 4.74 Å². The number of hydrogen-bond acceptors (Lipinski definition) is 5. The lowest BCUT2D eigenvalue weighted by atomic mass is 9.72. The molecule has 0 radical (unpaired) electrons. The molecule has 1 aromatic carbocycles. The summed E-state index contributed by atoms with van der Waals surface area (Å²) in [4.78, 5) is 20.9. The number of piperidine rings is 2. The number of fused-ring (bicyclic) bond motifs is 3. The lowest BCUT2D eigenvalue weighted by molar-refractivity contribution is -0.00474. The first-order valence-corrected chi connectivity index (χ1v) is 10.2. The second kappa shape index (κ2) is 7.85. The summed E-state index contributed by atoms with van der Waals surface area (Å²) >= 11 is 0. The first kappa shape index (κ1) is 18.7. The summed E-state index contributed by atoms with van der Waals surface area (Å²) in [5.74, 6) is 0.833. The molecular weight excluding hydrogens is 385 g/mol. The molecule has 2 aliphatic heterocycles. The van der Waals surface area contributed by atoms with E-state index >= 15 is 0 Å². The number of benzene rings is 1. The topological polar surface area (TPSA) is 73.1 Å². The molecule has 3 aromatic rings. The van der Waals surface area contributed by atoms with Crippen LogP contribution in [0.3, 0.4) is 0 Å². The molecule has 3 aliphatic rings. The van der Waals surface area contributed by atoms with E-state index in [0.717, 1.165) is 32.0 Å². The van der Waals surface area contributed by atoms with E-state index in [1.807, 2.05) is 29.2 Å². The molecule has 154 valence electrons. The van der Waals surface area contributed by atoms with Crippen LogP contribution >= 0.6 is 0 Å². The third-order valence-electron chi connectivity index (χ3n) is 6.16. The van der Waals surface area contributed by atoms with Gasteiger partial charge in [0, 0.05) is 18.7 Å². The number of amides is 1. The molecule has 4 heterocycles. The Morgan fingerprint density at radius 3 is 2.70 bits per heavy atom. The highest BCUT2D eigenvalue weighted by atomic mass is 19.1. The lowest BCUT2D eigenvalue weighted by Crippen LogP contribution is -2.55. The Hall–Kier alpha value is -3.29. The summed E-state index contributed by atoms with van der Waals surface area (Å²) < 4.78 is 18.8. The molecule has 1 amide bonds. The predicted octanol–water partition coefficient (Wildman–Crippen LogP) is 3.12. The smallest absolute Gasteiger partial charge is 0.256 e. The van der Waals surface area contributed by atoms with Crippen molar-refractivity contribution >= 4 is 5.91 Å². The molecule has 1 aliphatic carbocycles. The Morgan fingerprint density at radius 1 is 1.13 bits per heavy atom. The quantitative estimate of drug-likeness (QED) is 0.650. The molecule has 2 bridgehead atoms. The van der Waals surface area contributed by atoms with Crippen molar-refractivity contribution in [1.82, 2.24) is 24.9 Å². The van der Waals surface area contributed by atoms with E-state index in [9.17, 15) is 9.18 Å². The van der Waals surface area contributed by atoms with Gasteiger partial charge < -0.3 is 9.64 Å². The maximum atomic E-state index is 13.4. The maximum absolute atomic E-state index is 13.4. The van der Waals surface area contributed by atoms with Crippen molar-refractivity contribution in [3.8, 4) is 11.6 Å². The fraction of sp³-hybridized carbons (Fsp3) is 0.364. The van der Waals surface area contributed by atoms with Crippen molar-refractivity contribution in [1.29, 1.82) is 0 Å². The van der Waals surface area contributed by atoms with Crippen molar-refractivity contribution < 1.29 is 13.9 Å². The van der Waals surface area contributed by atoms with Crippen molar-refractivity contribution in [2.24, 2.45) is 11.8 Å². The highest BCUT2D eigenvalue weighted by molar-refractivity contribution is 5.98. The fourth-order valence-corrected chi connectivity index (χ4v) is 4.64. The van der Waals surface area contributed by atoms with Gasteiger partial charge in [-0.3, -0.25) is 4.79 Å². The molecule has 3 unspecified atom stereocenters. The second-order valence-corrected chi connectivity index (χ2v) is 7.91. The highest BCUT2D eigenvalue weighted by Gasteiger charge is 2.43. The molecule has 1 saturated carbocycles. The van der Waals surface area contributed by atoms with Gasteiger partial charge in [-0.05, 0) is 49.3 Å². The number of aromatic nitrogens is 4. The van der Waals surface area contributed by atoms with Gasteiger partial charge in [-0.25, -0.2) is 9.37 Å². The van der Waals surface area contributed by atoms with Gasteiger partial charge in [-0.2, -0.15) is 15.0 Å². The van der Waals surface area contributed by atoms with Gasteiger partial charge in [0.05, 0.1) is 36.4 Å². The van der Waals surface area contributed by atoms with Gasteiger partial charge in [-0.1, -0.05) is 12.1 Å². The number of rotatable bonds is 5. The summed E-state index contributed by atoms with van der Waals surface area (Å²) in [5, 5.41) is 8.36. The average Bonchev–Trinajstić information content (AvgIpc) is 3.33. The highest BCUT2D eigenvalue weighted by Crippen LogP contribution is 2.40. The first-order valence-electron chi connectivity index (χ1n) is 10.2. The maximum Gasteiger partial charge on any atom is 0.256 e. The van der Waals surface area contributed by atoms with E-state index < -0.39 is 0 Å². The zero-order valence-corrected chi connectivity index (χ0v) is 16.4. The van der Waals surface area contributed by atoms with Gasteiger partial charge in [0.2, 0.25) is 5.88 Å². The van der Waals surface area contributed by atoms with Crippen LogP contribution in [0.4, 0.5) is 4.39 Å². The average molecular weight is 407 g/mol. The summed E-state index contributed by atoms with van der Waals surface area (Å²) in [6, 6.07) is 10.5. The first-order chi connectivity index (χ1) is 14.7. The number of halogens is 1. The minimum atomic E-state index is -0.376. The van der Waals surface area contributed by atoms with Gasteiger partial charge in [-0.15, -0.1) is 0 Å². The largest absolute Gasteiger partial charge is 0.477 e. The van der Waals surface area contributed by atoms with E-state index in [2.05, 4.69) is 15.2 Å². The van der Waals surface area contributed by atoms with Crippen molar-refractivity contribution in [3.63, 3.8) is 0 Å². The molecule has 3 fully saturated rings. The molecular formula is C22H22FN5O2. The van der Waals surface area contributed by atoms with Gasteiger partial charge in [0.1, 0.15) is 5.82 Å². The number of para-hydroxylation sites is 1. The summed E-state index contributed by atoms with van der Waals surface area (Å²) in [6.07, 6.45) is 7.36. The van der Waals surface area contributed by atoms with Gasteiger partial charge in [0.25, 0.3) is 5.91 Å². The third kappa shape index (κ3) is 3.53. The van der Waals surface area contributed by atoms with Crippen LogP contribution in [0.15, 0.2) is 55.0 Å². The molecule has 3 atom stereocenters. The number of pyridine rings is 1. The van der Waals surface area contributed by atoms with Crippen molar-refractivity contribution in [2.45, 2.75) is 25.3 Å². The van der Waals surface area contributed by atoms with Crippen LogP contribution in [0.2, 0.25) is 0 Å². The van der Waals surface area contributed by atoms with Crippen LogP contribution in [0.1, 0.15) is 29.6 Å². The number of carbonyl (C=O) groups is 1. The van der Waals surface area contributed by atoms with E-state index in [4.69, 9.17) is 4.74 Å². The zero-order valence-electron chi connectivity index (χ0n) is 16.4. The molecule has 0 spiro atoms. The fourth-order valence-electron chi connectivity index (χ4n) is 4.64. The van der Waals surface area contributed by atoms with Crippen LogP contribution in [-0.4, -0.2) is 50.0 Å². The standard InChI is InChI=1S/C22H22FN5O2/c23-17-6-8-21(24-12-17)30-14-16-11-18-7-5-15(16)13-27(18)22(29)19-3-1-2-4-20(19)28-25-9-10-26-28/h1-4,6,8-10,12,15-16,18H,5,7,11,13-14H2. The lowest BCUT2D eigenvalue weighted by Gasteiger charge is -2.49. The SMILES string of the molecule is O=C(c1ccccc1-n1nccn1)N1CC2CCC1CC2COc1ccc(F)cn1. The molecule has 2 aromatic heterocycles. The number of carbonyl (C=O) groups excluding carboxylic acids is 1. The molecule has 6 rings (SSSR count). The zero-order chi connectivity index (χ0) is 20.5. The summed E-state index contributed by atoms with van der Waals surface area (Å²) in [7, 11) is 0. The van der Waals surface area contributed by atoms with Crippen LogP contribution in [0, 0.1) is 17.7 Å². The Labute approximate surface area is 173 Å². The Morgan fingerprint density at radius 2 is 1.97 bits per heavy atom. The number of hydrogen-bond donors (Lipinski definition) is 0. The van der Waals surface area contributed by atoms with E-state index in [-0.39, 0.29) is 17.8 Å². The molecule has 0 N–H and O–H groups in total. The molecule has 7 nitrogen and oxygen atoms in total. The number of ether oxygens (including phenoxy) is 1. The third-order valence-corrected chi connectivity index (χ3v) is 6.16. The Balaban J connectivity index is 1.29. The molecule has 8 heteroatoms. The Bertz CT molecular complexity index is 1020. The number of nitrogens with zero attached hydrogens (tertiary/aromatic N) is 5. The predicted molar refractivity (Wildman–Crippen MR) is 107 cm³/mol. The summed E-state index contributed by atoms with van der Waals surface area (Å²) in [5.41, 5.74) is 1.31. The van der Waals surface area contributed by atoms with E-state index in [0.29, 0.717) is 35.6 Å². The van der Waals surface area contributed by atoms with Gasteiger partial charge in [0.15, 0.2) is 0 Å². The van der Waals surface area contributed by atoms with E-state index in [1.54, 1.807) is 18.5 Å². The van der Waals surface area contributed by atoms with Crippen LogP contribution in [0.5, 0.6) is 5.88 Å². The monoisotopic (exact) mass is 407 g/mol. The van der Waals surface area contributed by atoms with Crippen LogP contribution in [-0.2, 0) is 0 Å². The summed E-state index contributed by atoms with van der Waals surface area (Å²) in [6.45, 7) is 1.25.